The van der Waals surface area contributed by atoms with E-state index in [9.17, 15) is 0 Å². The molecular formula is C72H44N4Se. The third-order valence-electron chi connectivity index (χ3n) is 15.3. The van der Waals surface area contributed by atoms with Gasteiger partial charge in [-0.05, 0) is 24.3 Å². The Hall–Kier alpha value is -9.64. The number of fused-ring (bicyclic) bond motifs is 7. The van der Waals surface area contributed by atoms with Crippen LogP contribution < -0.4 is 0 Å². The zero-order chi connectivity index (χ0) is 50.8. The van der Waals surface area contributed by atoms with Gasteiger partial charge in [0.05, 0.1) is 0 Å². The maximum absolute atomic E-state index is 4.51. The molecule has 0 saturated carbocycles. The molecule has 5 heterocycles. The molecule has 0 fully saturated rings. The molecule has 0 unspecified atom stereocenters. The molecule has 15 rings (SSSR count). The van der Waals surface area contributed by atoms with Crippen LogP contribution in [0.4, 0.5) is 0 Å². The Kier molecular flexibility index (Phi) is 10.8. The molecule has 0 radical (unpaired) electrons. The van der Waals surface area contributed by atoms with E-state index in [4.69, 9.17) is 0 Å². The first-order chi connectivity index (χ1) is 38.2. The van der Waals surface area contributed by atoms with Gasteiger partial charge in [-0.25, -0.2) is 0 Å². The van der Waals surface area contributed by atoms with E-state index in [-0.39, 0.29) is 14.5 Å². The molecule has 0 atom stereocenters. The van der Waals surface area contributed by atoms with E-state index < -0.39 is 0 Å². The van der Waals surface area contributed by atoms with Crippen molar-refractivity contribution < 1.29 is 0 Å². The van der Waals surface area contributed by atoms with Crippen LogP contribution in [0.3, 0.4) is 0 Å². The predicted molar refractivity (Wildman–Crippen MR) is 323 cm³/mol. The summed E-state index contributed by atoms with van der Waals surface area (Å²) in [5.41, 5.74) is 18.5. The number of hydrogen-bond donors (Lipinski definition) is 0. The van der Waals surface area contributed by atoms with Crippen LogP contribution in [0.25, 0.3) is 151 Å². The van der Waals surface area contributed by atoms with Gasteiger partial charge in [0.15, 0.2) is 0 Å². The van der Waals surface area contributed by atoms with Crippen LogP contribution in [0.5, 0.6) is 0 Å². The fraction of sp³-hybridized carbons (Fsp3) is 0. The molecule has 358 valence electrons. The fourth-order valence-corrected chi connectivity index (χ4v) is 14.3. The topological polar surface area (TPSA) is 51.6 Å². The molecule has 0 N–H and O–H groups in total. The summed E-state index contributed by atoms with van der Waals surface area (Å²) < 4.78 is 2.82. The molecule has 0 spiro atoms. The first kappa shape index (κ1) is 44.8. The van der Waals surface area contributed by atoms with Crippen molar-refractivity contribution in [3.63, 3.8) is 0 Å². The van der Waals surface area contributed by atoms with Gasteiger partial charge < -0.3 is 0 Å². The molecule has 5 aromatic heterocycles. The van der Waals surface area contributed by atoms with E-state index >= 15 is 0 Å². The van der Waals surface area contributed by atoms with Crippen LogP contribution in [0.15, 0.2) is 268 Å². The molecule has 0 aliphatic carbocycles. The number of rotatable bonds is 8. The van der Waals surface area contributed by atoms with Crippen molar-refractivity contribution in [1.82, 2.24) is 19.9 Å². The number of benzene rings is 10. The second-order valence-corrected chi connectivity index (χ2v) is 22.0. The van der Waals surface area contributed by atoms with Gasteiger partial charge in [-0.3, -0.25) is 19.9 Å². The monoisotopic (exact) mass is 1040 g/mol. The fourth-order valence-electron chi connectivity index (χ4n) is 11.9. The van der Waals surface area contributed by atoms with Gasteiger partial charge in [-0.2, -0.15) is 0 Å². The molecule has 0 aliphatic heterocycles. The van der Waals surface area contributed by atoms with Gasteiger partial charge >= 0.3 is 360 Å². The number of nitrogens with zero attached hydrogens (tertiary/aromatic N) is 4. The van der Waals surface area contributed by atoms with Crippen molar-refractivity contribution >= 4 is 76.9 Å². The van der Waals surface area contributed by atoms with Crippen LogP contribution in [0.2, 0.25) is 0 Å². The van der Waals surface area contributed by atoms with Crippen molar-refractivity contribution in [1.29, 1.82) is 0 Å². The van der Waals surface area contributed by atoms with E-state index in [0.29, 0.717) is 0 Å². The quantitative estimate of drug-likeness (QED) is 0.112. The Balaban J connectivity index is 0.887. The molecule has 5 heteroatoms. The Labute approximate surface area is 451 Å². The van der Waals surface area contributed by atoms with E-state index in [1.807, 2.05) is 73.8 Å². The SMILES string of the molecule is c1cncc(-c2cc(-c3cccnc3)cc(-c3c4ccccc4c(-c4ccc5c(c4)[se]c4ccc(-c6c7ccccc7c(-c7cc(-c8cccnc8)cc(-c8cccnc8)c7)c7ccccc67)cc45)c4ccccc34)c2)c1. The summed E-state index contributed by atoms with van der Waals surface area (Å²) in [5, 5.41) is 12.5. The minimum atomic E-state index is 0.124. The molecule has 4 nitrogen and oxygen atoms in total. The van der Waals surface area contributed by atoms with Crippen molar-refractivity contribution in [2.45, 2.75) is 0 Å². The first-order valence-electron chi connectivity index (χ1n) is 25.9. The van der Waals surface area contributed by atoms with Crippen LogP contribution >= 0.6 is 0 Å². The standard InChI is InChI=1S/C72H44N4Se/c1-5-21-62-58(17-1)69(59-18-2-6-22-63(59)71(62)55-35-51(47-13-9-29-73-41-47)33-52(36-55)48-14-10-30-74-42-48)45-26-28-67-66(39-45)57-27-25-46(40-68(57)77-67)70-60-19-3-7-23-64(60)72(65-24-8-4-20-61(65)70)56-37-53(49-15-11-31-75-43-49)34-54(38-56)50-16-12-32-76-44-50/h1-44H. The summed E-state index contributed by atoms with van der Waals surface area (Å²) >= 11 is 0.124. The van der Waals surface area contributed by atoms with Crippen molar-refractivity contribution in [3.05, 3.63) is 268 Å². The van der Waals surface area contributed by atoms with Gasteiger partial charge in [-0.1, -0.05) is 12.1 Å². The Morgan fingerprint density at radius 1 is 0.195 bits per heavy atom. The third kappa shape index (κ3) is 7.75. The molecule has 10 aromatic carbocycles. The van der Waals surface area contributed by atoms with E-state index in [1.54, 1.807) is 0 Å². The van der Waals surface area contributed by atoms with E-state index in [2.05, 4.69) is 214 Å². The van der Waals surface area contributed by atoms with Crippen LogP contribution in [-0.2, 0) is 0 Å². The van der Waals surface area contributed by atoms with Crippen LogP contribution in [0.1, 0.15) is 0 Å². The summed E-state index contributed by atoms with van der Waals surface area (Å²) in [6.07, 6.45) is 15.1. The van der Waals surface area contributed by atoms with Crippen LogP contribution in [0, 0.1) is 0 Å². The van der Waals surface area contributed by atoms with E-state index in [0.717, 1.165) is 55.6 Å². The summed E-state index contributed by atoms with van der Waals surface area (Å²) in [4.78, 5) is 18.0. The third-order valence-corrected chi connectivity index (χ3v) is 17.7. The van der Waals surface area contributed by atoms with Gasteiger partial charge in [0.25, 0.3) is 0 Å². The number of hydrogen-bond acceptors (Lipinski definition) is 4. The molecule has 0 bridgehead atoms. The summed E-state index contributed by atoms with van der Waals surface area (Å²) in [7, 11) is 0. The van der Waals surface area contributed by atoms with Gasteiger partial charge in [-0.15, -0.1) is 0 Å². The average molecular weight is 1040 g/mol. The van der Waals surface area contributed by atoms with Crippen molar-refractivity contribution in [3.8, 4) is 89.0 Å². The molecule has 77 heavy (non-hydrogen) atoms. The summed E-state index contributed by atoms with van der Waals surface area (Å²) in [6.45, 7) is 0. The zero-order valence-corrected chi connectivity index (χ0v) is 43.3. The normalized spacial score (nSPS) is 11.6. The van der Waals surface area contributed by atoms with Crippen LogP contribution in [-0.4, -0.2) is 34.4 Å². The predicted octanol–water partition coefficient (Wildman–Crippen LogP) is 18.6. The van der Waals surface area contributed by atoms with Crippen molar-refractivity contribution in [2.24, 2.45) is 0 Å². The van der Waals surface area contributed by atoms with Crippen molar-refractivity contribution in [2.75, 3.05) is 0 Å². The second kappa shape index (κ2) is 18.6. The second-order valence-electron chi connectivity index (χ2n) is 19.8. The first-order valence-corrected chi connectivity index (χ1v) is 27.7. The molecular weight excluding hydrogens is 1000 g/mol. The molecule has 0 saturated heterocycles. The minimum absolute atomic E-state index is 0.124. The van der Waals surface area contributed by atoms with Gasteiger partial charge in [0, 0.05) is 37.2 Å². The Morgan fingerprint density at radius 3 is 0.844 bits per heavy atom. The summed E-state index contributed by atoms with van der Waals surface area (Å²) in [5.74, 6) is 0. The molecule has 0 amide bonds. The van der Waals surface area contributed by atoms with Gasteiger partial charge in [0.1, 0.15) is 0 Å². The molecule has 0 aliphatic rings. The summed E-state index contributed by atoms with van der Waals surface area (Å²) in [6, 6.07) is 80.8. The molecule has 15 aromatic rings. The zero-order valence-electron chi connectivity index (χ0n) is 41.6. The Morgan fingerprint density at radius 2 is 0.506 bits per heavy atom. The van der Waals surface area contributed by atoms with Gasteiger partial charge in [0.2, 0.25) is 0 Å². The number of pyridine rings is 4. The Bertz CT molecular complexity index is 4550. The number of aromatic nitrogens is 4. The maximum atomic E-state index is 4.51. The van der Waals surface area contributed by atoms with E-state index in [1.165, 1.54) is 95.8 Å². The average Bonchev–Trinajstić information content (AvgIpc) is 3.89.